The predicted octanol–water partition coefficient (Wildman–Crippen LogP) is 1.77. The number of methoxy groups -OCH3 is 1. The maximum atomic E-state index is 12.1. The van der Waals surface area contributed by atoms with Gasteiger partial charge >= 0.3 is 11.7 Å². The second-order valence-corrected chi connectivity index (χ2v) is 5.16. The highest BCUT2D eigenvalue weighted by atomic mass is 16.5. The van der Waals surface area contributed by atoms with E-state index in [2.05, 4.69) is 4.98 Å². The Bertz CT molecular complexity index is 716. The molecule has 20 heavy (non-hydrogen) atoms. The number of aromatic amines is 1. The minimum Gasteiger partial charge on any atom is -0.478 e. The van der Waals surface area contributed by atoms with Crippen molar-refractivity contribution in [2.75, 3.05) is 7.11 Å². The number of ether oxygens (including phenoxy) is 1. The van der Waals surface area contributed by atoms with Crippen molar-refractivity contribution in [2.45, 2.75) is 31.4 Å². The average molecular weight is 276 g/mol. The standard InChI is InChI=1S/C14H16N2O4/c1-20-10-4-3-9(7-10)16-12-6-8(13(17)18)2-5-11(12)15-14(16)19/h2,5-6,9-10H,3-4,7H2,1H3,(H,15,19)(H,17,18). The summed E-state index contributed by atoms with van der Waals surface area (Å²) in [5.41, 5.74) is 1.31. The number of carboxylic acid groups (broad SMARTS) is 1. The van der Waals surface area contributed by atoms with Crippen LogP contribution in [0, 0.1) is 0 Å². The second-order valence-electron chi connectivity index (χ2n) is 5.16. The predicted molar refractivity (Wildman–Crippen MR) is 73.2 cm³/mol. The third kappa shape index (κ3) is 2.02. The first kappa shape index (κ1) is 12.9. The van der Waals surface area contributed by atoms with Crippen LogP contribution in [-0.4, -0.2) is 33.8 Å². The van der Waals surface area contributed by atoms with Crippen molar-refractivity contribution in [3.8, 4) is 0 Å². The van der Waals surface area contributed by atoms with E-state index in [0.717, 1.165) is 19.3 Å². The number of fused-ring (bicyclic) bond motifs is 1. The molecule has 2 unspecified atom stereocenters. The van der Waals surface area contributed by atoms with Gasteiger partial charge < -0.3 is 14.8 Å². The fourth-order valence-electron chi connectivity index (χ4n) is 2.98. The number of benzene rings is 1. The van der Waals surface area contributed by atoms with Gasteiger partial charge in [0.05, 0.1) is 22.7 Å². The second kappa shape index (κ2) is 4.79. The van der Waals surface area contributed by atoms with Crippen molar-refractivity contribution in [1.82, 2.24) is 9.55 Å². The summed E-state index contributed by atoms with van der Waals surface area (Å²) in [7, 11) is 1.67. The lowest BCUT2D eigenvalue weighted by Crippen LogP contribution is -2.21. The van der Waals surface area contributed by atoms with E-state index in [1.165, 1.54) is 6.07 Å². The van der Waals surface area contributed by atoms with E-state index in [0.29, 0.717) is 11.0 Å². The Hall–Kier alpha value is -2.08. The van der Waals surface area contributed by atoms with Gasteiger partial charge in [0.2, 0.25) is 0 Å². The van der Waals surface area contributed by atoms with Crippen LogP contribution >= 0.6 is 0 Å². The van der Waals surface area contributed by atoms with E-state index < -0.39 is 5.97 Å². The molecule has 2 N–H and O–H groups in total. The molecule has 0 aliphatic heterocycles. The molecule has 0 amide bonds. The van der Waals surface area contributed by atoms with Crippen LogP contribution in [0.5, 0.6) is 0 Å². The molecule has 0 spiro atoms. The Morgan fingerprint density at radius 3 is 2.90 bits per heavy atom. The van der Waals surface area contributed by atoms with Crippen LogP contribution in [-0.2, 0) is 4.74 Å². The van der Waals surface area contributed by atoms with E-state index in [1.807, 2.05) is 0 Å². The number of rotatable bonds is 3. The van der Waals surface area contributed by atoms with Gasteiger partial charge in [-0.2, -0.15) is 0 Å². The molecule has 1 heterocycles. The number of aromatic nitrogens is 2. The van der Waals surface area contributed by atoms with Crippen LogP contribution in [0.25, 0.3) is 11.0 Å². The lowest BCUT2D eigenvalue weighted by atomic mass is 10.2. The Balaban J connectivity index is 2.10. The number of nitrogens with zero attached hydrogens (tertiary/aromatic N) is 1. The molecule has 6 nitrogen and oxygen atoms in total. The number of nitrogens with one attached hydrogen (secondary N) is 1. The maximum absolute atomic E-state index is 12.1. The van der Waals surface area contributed by atoms with E-state index in [9.17, 15) is 9.59 Å². The van der Waals surface area contributed by atoms with Crippen molar-refractivity contribution < 1.29 is 14.6 Å². The van der Waals surface area contributed by atoms with Crippen LogP contribution in [0.3, 0.4) is 0 Å². The number of aromatic carboxylic acids is 1. The molecule has 1 aromatic carbocycles. The molecule has 2 atom stereocenters. The van der Waals surface area contributed by atoms with Gasteiger partial charge in [0.25, 0.3) is 0 Å². The molecule has 0 radical (unpaired) electrons. The largest absolute Gasteiger partial charge is 0.478 e. The van der Waals surface area contributed by atoms with Gasteiger partial charge in [0.1, 0.15) is 0 Å². The highest BCUT2D eigenvalue weighted by molar-refractivity contribution is 5.92. The number of imidazole rings is 1. The Kier molecular flexibility index (Phi) is 3.10. The van der Waals surface area contributed by atoms with Crippen molar-refractivity contribution in [3.63, 3.8) is 0 Å². The highest BCUT2D eigenvalue weighted by Crippen LogP contribution is 2.32. The van der Waals surface area contributed by atoms with Crippen molar-refractivity contribution in [1.29, 1.82) is 0 Å². The zero-order valence-electron chi connectivity index (χ0n) is 11.1. The molecule has 1 saturated carbocycles. The van der Waals surface area contributed by atoms with Gasteiger partial charge in [-0.25, -0.2) is 9.59 Å². The van der Waals surface area contributed by atoms with E-state index in [-0.39, 0.29) is 23.4 Å². The van der Waals surface area contributed by atoms with Gasteiger partial charge in [0, 0.05) is 13.2 Å². The monoisotopic (exact) mass is 276 g/mol. The van der Waals surface area contributed by atoms with Crippen molar-refractivity contribution in [3.05, 3.63) is 34.2 Å². The molecule has 106 valence electrons. The molecule has 1 aromatic heterocycles. The molecule has 1 fully saturated rings. The number of carboxylic acids is 1. The summed E-state index contributed by atoms with van der Waals surface area (Å²) in [6.07, 6.45) is 2.72. The average Bonchev–Trinajstić information content (AvgIpc) is 3.00. The summed E-state index contributed by atoms with van der Waals surface area (Å²) in [5, 5.41) is 9.07. The first-order valence-electron chi connectivity index (χ1n) is 6.60. The minimum atomic E-state index is -0.992. The molecule has 1 aliphatic rings. The van der Waals surface area contributed by atoms with Gasteiger partial charge in [0.15, 0.2) is 0 Å². The first-order chi connectivity index (χ1) is 9.60. The fourth-order valence-corrected chi connectivity index (χ4v) is 2.98. The van der Waals surface area contributed by atoms with Gasteiger partial charge in [-0.1, -0.05) is 0 Å². The van der Waals surface area contributed by atoms with E-state index in [1.54, 1.807) is 23.8 Å². The lowest BCUT2D eigenvalue weighted by molar-refractivity contribution is 0.0697. The summed E-state index contributed by atoms with van der Waals surface area (Å²) in [6.45, 7) is 0. The number of carbonyl (C=O) groups is 1. The number of hydrogen-bond acceptors (Lipinski definition) is 3. The van der Waals surface area contributed by atoms with Crippen LogP contribution < -0.4 is 5.69 Å². The van der Waals surface area contributed by atoms with E-state index >= 15 is 0 Å². The van der Waals surface area contributed by atoms with Gasteiger partial charge in [-0.15, -0.1) is 0 Å². The molecule has 2 aromatic rings. The third-order valence-corrected chi connectivity index (χ3v) is 4.02. The lowest BCUT2D eigenvalue weighted by Gasteiger charge is -2.12. The van der Waals surface area contributed by atoms with Gasteiger partial charge in [-0.05, 0) is 37.5 Å². The SMILES string of the molecule is COC1CCC(n2c(=O)[nH]c3ccc(C(=O)O)cc32)C1. The van der Waals surface area contributed by atoms with Crippen LogP contribution in [0.2, 0.25) is 0 Å². The summed E-state index contributed by atoms with van der Waals surface area (Å²) >= 11 is 0. The topological polar surface area (TPSA) is 84.3 Å². The molecule has 6 heteroatoms. The summed E-state index contributed by atoms with van der Waals surface area (Å²) < 4.78 is 7.00. The molecule has 1 aliphatic carbocycles. The Labute approximate surface area is 115 Å². The minimum absolute atomic E-state index is 0.0604. The zero-order valence-corrected chi connectivity index (χ0v) is 11.1. The third-order valence-electron chi connectivity index (χ3n) is 4.02. The van der Waals surface area contributed by atoms with Crippen molar-refractivity contribution in [2.24, 2.45) is 0 Å². The van der Waals surface area contributed by atoms with Crippen LogP contribution in [0.1, 0.15) is 35.7 Å². The summed E-state index contributed by atoms with van der Waals surface area (Å²) in [6, 6.07) is 4.75. The summed E-state index contributed by atoms with van der Waals surface area (Å²) in [5.74, 6) is -0.992. The smallest absolute Gasteiger partial charge is 0.335 e. The molecule has 3 rings (SSSR count). The normalized spacial score (nSPS) is 22.4. The molecule has 0 saturated heterocycles. The number of hydrogen-bond donors (Lipinski definition) is 2. The Morgan fingerprint density at radius 1 is 1.45 bits per heavy atom. The molecule has 0 bridgehead atoms. The van der Waals surface area contributed by atoms with Crippen LogP contribution in [0.4, 0.5) is 0 Å². The van der Waals surface area contributed by atoms with E-state index in [4.69, 9.17) is 9.84 Å². The maximum Gasteiger partial charge on any atom is 0.335 e. The quantitative estimate of drug-likeness (QED) is 0.894. The van der Waals surface area contributed by atoms with Crippen LogP contribution in [0.15, 0.2) is 23.0 Å². The fraction of sp³-hybridized carbons (Fsp3) is 0.429. The zero-order chi connectivity index (χ0) is 14.3. The number of H-pyrrole nitrogens is 1. The first-order valence-corrected chi connectivity index (χ1v) is 6.60. The molecular formula is C14H16N2O4. The Morgan fingerprint density at radius 2 is 2.25 bits per heavy atom. The van der Waals surface area contributed by atoms with Crippen molar-refractivity contribution >= 4 is 17.0 Å². The molecular weight excluding hydrogens is 260 g/mol. The highest BCUT2D eigenvalue weighted by Gasteiger charge is 2.28. The van der Waals surface area contributed by atoms with Gasteiger partial charge in [-0.3, -0.25) is 4.57 Å². The summed E-state index contributed by atoms with van der Waals surface area (Å²) in [4.78, 5) is 26.0.